The summed E-state index contributed by atoms with van der Waals surface area (Å²) in [6, 6.07) is 3.87. The Balaban J connectivity index is 0.000000212. The number of aromatic nitrogens is 2. The van der Waals surface area contributed by atoms with Gasteiger partial charge in [-0.3, -0.25) is 4.99 Å². The summed E-state index contributed by atoms with van der Waals surface area (Å²) in [5.41, 5.74) is 9.28. The van der Waals surface area contributed by atoms with E-state index >= 15 is 0 Å². The van der Waals surface area contributed by atoms with Crippen LogP contribution >= 0.6 is 63.7 Å². The summed E-state index contributed by atoms with van der Waals surface area (Å²) in [5.74, 6) is 0. The molecule has 3 heterocycles. The molecule has 1 aliphatic heterocycles. The molecule has 22 heavy (non-hydrogen) atoms. The number of nitrogens with zero attached hydrogens (tertiary/aromatic N) is 3. The van der Waals surface area contributed by atoms with Gasteiger partial charge in [-0.2, -0.15) is 0 Å². The molecule has 0 aromatic carbocycles. The molecule has 4 nitrogen and oxygen atoms in total. The minimum Gasteiger partial charge on any atom is -0.397 e. The molecule has 0 aliphatic carbocycles. The van der Waals surface area contributed by atoms with Crippen LogP contribution in [0, 0.1) is 6.92 Å². The monoisotopic (exact) mass is 554 g/mol. The topological polar surface area (TPSA) is 64.2 Å². The van der Waals surface area contributed by atoms with Crippen molar-refractivity contribution in [1.82, 2.24) is 9.97 Å². The molecular weight excluding hydrogens is 544 g/mol. The number of hydrogen-bond donors (Lipinski definition) is 1. The first-order chi connectivity index (χ1) is 9.88. The largest absolute Gasteiger partial charge is 0.397 e. The summed E-state index contributed by atoms with van der Waals surface area (Å²) >= 11 is 13.3. The van der Waals surface area contributed by atoms with Crippen molar-refractivity contribution in [3.63, 3.8) is 0 Å². The lowest BCUT2D eigenvalue weighted by Gasteiger charge is -2.00. The van der Waals surface area contributed by atoms with Crippen LogP contribution in [-0.4, -0.2) is 16.2 Å². The average Bonchev–Trinajstić information content (AvgIpc) is 2.85. The maximum atomic E-state index is 5.58. The van der Waals surface area contributed by atoms with Crippen molar-refractivity contribution in [2.45, 2.75) is 20.9 Å². The number of anilines is 1. The minimum absolute atomic E-state index is 0. The first kappa shape index (κ1) is 19.7. The van der Waals surface area contributed by atoms with E-state index in [1.165, 1.54) is 5.56 Å². The van der Waals surface area contributed by atoms with Gasteiger partial charge in [0.15, 0.2) is 0 Å². The summed E-state index contributed by atoms with van der Waals surface area (Å²) < 4.78 is 3.50. The average molecular weight is 558 g/mol. The minimum atomic E-state index is 0. The Morgan fingerprint density at radius 2 is 1.59 bits per heavy atom. The summed E-state index contributed by atoms with van der Waals surface area (Å²) in [4.78, 5) is 12.5. The fourth-order valence-electron chi connectivity index (χ4n) is 1.55. The van der Waals surface area contributed by atoms with E-state index in [2.05, 4.69) is 78.7 Å². The van der Waals surface area contributed by atoms with Crippen molar-refractivity contribution < 1.29 is 0 Å². The van der Waals surface area contributed by atoms with Crippen LogP contribution in [0.5, 0.6) is 0 Å². The van der Waals surface area contributed by atoms with Crippen molar-refractivity contribution in [2.75, 3.05) is 5.73 Å². The second-order valence-corrected chi connectivity index (χ2v) is 7.42. The molecule has 118 valence electrons. The van der Waals surface area contributed by atoms with Gasteiger partial charge in [0.05, 0.1) is 32.6 Å². The highest BCUT2D eigenvalue weighted by Crippen LogP contribution is 2.25. The van der Waals surface area contributed by atoms with E-state index in [1.54, 1.807) is 6.21 Å². The molecular formula is C14H14Br4N4. The molecule has 0 saturated carbocycles. The van der Waals surface area contributed by atoms with Crippen LogP contribution in [-0.2, 0) is 6.54 Å². The van der Waals surface area contributed by atoms with Crippen LogP contribution in [0.15, 0.2) is 35.3 Å². The van der Waals surface area contributed by atoms with Gasteiger partial charge in [-0.15, -0.1) is 0 Å². The second kappa shape index (κ2) is 8.52. The summed E-state index contributed by atoms with van der Waals surface area (Å²) in [7, 11) is 0. The number of aliphatic imine (C=N–C) groups is 1. The molecule has 2 N–H and O–H groups in total. The number of nitrogens with two attached hydrogens (primary N) is 1. The van der Waals surface area contributed by atoms with E-state index in [1.807, 2.05) is 19.1 Å². The zero-order chi connectivity index (χ0) is 15.6. The van der Waals surface area contributed by atoms with Crippen molar-refractivity contribution in [3.05, 3.63) is 47.2 Å². The predicted octanol–water partition coefficient (Wildman–Crippen LogP) is 5.67. The first-order valence-corrected chi connectivity index (χ1v) is 8.98. The fourth-order valence-corrected chi connectivity index (χ4v) is 2.94. The zero-order valence-electron chi connectivity index (χ0n) is 10.9. The van der Waals surface area contributed by atoms with Gasteiger partial charge in [-0.05, 0) is 82.8 Å². The van der Waals surface area contributed by atoms with E-state index in [0.29, 0.717) is 5.69 Å². The normalized spacial score (nSPS) is 11.3. The van der Waals surface area contributed by atoms with Gasteiger partial charge >= 0.3 is 0 Å². The highest BCUT2D eigenvalue weighted by Gasteiger charge is 2.10. The zero-order valence-corrected chi connectivity index (χ0v) is 17.2. The van der Waals surface area contributed by atoms with Crippen molar-refractivity contribution in [2.24, 2.45) is 4.99 Å². The predicted molar refractivity (Wildman–Crippen MR) is 106 cm³/mol. The Labute approximate surface area is 163 Å². The van der Waals surface area contributed by atoms with E-state index < -0.39 is 0 Å². The maximum Gasteiger partial charge on any atom is 0.121 e. The Hall–Kier alpha value is -0.310. The van der Waals surface area contributed by atoms with Gasteiger partial charge in [0.1, 0.15) is 9.21 Å². The molecule has 0 fully saturated rings. The van der Waals surface area contributed by atoms with Gasteiger partial charge in [0.25, 0.3) is 0 Å². The molecule has 0 bridgehead atoms. The lowest BCUT2D eigenvalue weighted by Crippen LogP contribution is -1.93. The number of hydrogen-bond acceptors (Lipinski definition) is 4. The molecule has 2 aromatic rings. The van der Waals surface area contributed by atoms with E-state index in [4.69, 9.17) is 5.73 Å². The number of aryl methyl sites for hydroxylation is 1. The molecule has 0 saturated heterocycles. The Kier molecular flexibility index (Phi) is 7.64. The molecule has 0 atom stereocenters. The molecule has 2 aromatic heterocycles. The molecule has 8 heteroatoms. The maximum absolute atomic E-state index is 5.58. The standard InChI is InChI=1S/C7H4Br2N2.C6H6Br2N2.CH4/c8-5-1-4-2-10-3-6(4)11-7(5)9;1-3-5(9)2-4(7)6(8)10-3;/h1,3H,2H2;2H,9H2,1H3;1H4. The van der Waals surface area contributed by atoms with Gasteiger partial charge < -0.3 is 5.73 Å². The lowest BCUT2D eigenvalue weighted by atomic mass is 10.2. The highest BCUT2D eigenvalue weighted by atomic mass is 79.9. The van der Waals surface area contributed by atoms with Gasteiger partial charge in [0, 0.05) is 11.8 Å². The second-order valence-electron chi connectivity index (χ2n) is 4.21. The summed E-state index contributed by atoms with van der Waals surface area (Å²) in [6.07, 6.45) is 1.80. The molecule has 0 amide bonds. The van der Waals surface area contributed by atoms with Crippen molar-refractivity contribution in [1.29, 1.82) is 0 Å². The van der Waals surface area contributed by atoms with Crippen molar-refractivity contribution >= 4 is 75.6 Å². The van der Waals surface area contributed by atoms with Gasteiger partial charge in [0.2, 0.25) is 0 Å². The summed E-state index contributed by atoms with van der Waals surface area (Å²) in [5, 5.41) is 0. The molecule has 0 unspecified atom stereocenters. The SMILES string of the molecule is Brc1cc2c(nc1Br)C=NC2.C.Cc1nc(Br)c(Br)cc1N. The van der Waals surface area contributed by atoms with Gasteiger partial charge in [-0.1, -0.05) is 7.43 Å². The third kappa shape index (κ3) is 4.84. The number of halogens is 4. The van der Waals surface area contributed by atoms with Crippen LogP contribution < -0.4 is 5.73 Å². The Morgan fingerprint density at radius 3 is 2.23 bits per heavy atom. The third-order valence-electron chi connectivity index (χ3n) is 2.68. The van der Waals surface area contributed by atoms with Crippen LogP contribution in [0.25, 0.3) is 0 Å². The lowest BCUT2D eigenvalue weighted by molar-refractivity contribution is 1.08. The van der Waals surface area contributed by atoms with E-state index in [0.717, 1.165) is 36.1 Å². The van der Waals surface area contributed by atoms with Crippen LogP contribution in [0.4, 0.5) is 5.69 Å². The number of pyridine rings is 2. The molecule has 3 rings (SSSR count). The number of nitrogen functional groups attached to an aromatic ring is 1. The molecule has 1 aliphatic rings. The van der Waals surface area contributed by atoms with Crippen LogP contribution in [0.2, 0.25) is 0 Å². The quantitative estimate of drug-likeness (QED) is 0.425. The smallest absolute Gasteiger partial charge is 0.121 e. The third-order valence-corrected chi connectivity index (χ3v) is 6.17. The van der Waals surface area contributed by atoms with Crippen LogP contribution in [0.3, 0.4) is 0 Å². The molecule has 0 spiro atoms. The highest BCUT2D eigenvalue weighted by molar-refractivity contribution is 9.13. The Bertz CT molecular complexity index is 666. The fraction of sp³-hybridized carbons (Fsp3) is 0.214. The summed E-state index contributed by atoms with van der Waals surface area (Å²) in [6.45, 7) is 2.63. The first-order valence-electron chi connectivity index (χ1n) is 5.81. The number of rotatable bonds is 0. The van der Waals surface area contributed by atoms with E-state index in [9.17, 15) is 0 Å². The van der Waals surface area contributed by atoms with E-state index in [-0.39, 0.29) is 7.43 Å². The Morgan fingerprint density at radius 1 is 1.00 bits per heavy atom. The van der Waals surface area contributed by atoms with Crippen LogP contribution in [0.1, 0.15) is 24.4 Å². The van der Waals surface area contributed by atoms with Gasteiger partial charge in [-0.25, -0.2) is 9.97 Å². The number of fused-ring (bicyclic) bond motifs is 1. The molecule has 0 radical (unpaired) electrons. The van der Waals surface area contributed by atoms with Crippen molar-refractivity contribution in [3.8, 4) is 0 Å².